The molecule has 1 heterocycles. The molecule has 2 rings (SSSR count). The number of carboxylic acid groups (broad SMARTS) is 1. The van der Waals surface area contributed by atoms with Gasteiger partial charge < -0.3 is 10.1 Å². The van der Waals surface area contributed by atoms with Gasteiger partial charge in [-0.3, -0.25) is 4.79 Å². The number of nitrogens with one attached hydrogen (secondary N) is 1. The van der Waals surface area contributed by atoms with Crippen molar-refractivity contribution < 1.29 is 14.3 Å². The molecule has 6 heteroatoms. The van der Waals surface area contributed by atoms with Gasteiger partial charge in [-0.25, -0.2) is 9.37 Å². The van der Waals surface area contributed by atoms with Crippen LogP contribution in [0.5, 0.6) is 0 Å². The normalized spacial score (nSPS) is 11.0. The molecule has 0 aliphatic carbocycles. The Balaban J connectivity index is 2.04. The standard InChI is InChI=1S/C12H12BrFN2O2/c13-7-5-9-10(6-8(7)14)16-11(15-9)3-1-2-4-12(17)18/h5-6H,1-4H2,(H,15,16)(H,17,18). The molecular formula is C12H12BrFN2O2. The molecule has 2 N–H and O–H groups in total. The van der Waals surface area contributed by atoms with Crippen LogP contribution in [-0.2, 0) is 11.2 Å². The van der Waals surface area contributed by atoms with E-state index in [9.17, 15) is 9.18 Å². The molecule has 18 heavy (non-hydrogen) atoms. The van der Waals surface area contributed by atoms with E-state index in [0.29, 0.717) is 28.3 Å². The van der Waals surface area contributed by atoms with Crippen LogP contribution in [0.3, 0.4) is 0 Å². The van der Waals surface area contributed by atoms with Gasteiger partial charge in [0.2, 0.25) is 0 Å². The molecule has 1 aromatic carbocycles. The van der Waals surface area contributed by atoms with Gasteiger partial charge in [0, 0.05) is 18.9 Å². The van der Waals surface area contributed by atoms with Crippen LogP contribution in [-0.4, -0.2) is 21.0 Å². The summed E-state index contributed by atoms with van der Waals surface area (Å²) in [5.41, 5.74) is 1.36. The van der Waals surface area contributed by atoms with Crippen molar-refractivity contribution >= 4 is 32.9 Å². The van der Waals surface area contributed by atoms with Crippen LogP contribution in [0.2, 0.25) is 0 Å². The maximum absolute atomic E-state index is 13.3. The van der Waals surface area contributed by atoms with E-state index in [-0.39, 0.29) is 12.2 Å². The van der Waals surface area contributed by atoms with Crippen LogP contribution in [0.4, 0.5) is 4.39 Å². The van der Waals surface area contributed by atoms with Crippen molar-refractivity contribution in [3.05, 3.63) is 28.2 Å². The lowest BCUT2D eigenvalue weighted by Crippen LogP contribution is -1.95. The number of carbonyl (C=O) groups is 1. The fraction of sp³-hybridized carbons (Fsp3) is 0.333. The van der Waals surface area contributed by atoms with Crippen LogP contribution >= 0.6 is 15.9 Å². The molecule has 0 amide bonds. The average Bonchev–Trinajstić information content (AvgIpc) is 2.67. The Bertz CT molecular complexity index is 544. The summed E-state index contributed by atoms with van der Waals surface area (Å²) in [7, 11) is 0. The lowest BCUT2D eigenvalue weighted by molar-refractivity contribution is -0.137. The molecule has 2 aromatic rings. The Kier molecular flexibility index (Phi) is 3.96. The number of imidazole rings is 1. The second-order valence-electron chi connectivity index (χ2n) is 4.07. The number of aliphatic carboxylic acids is 1. The molecule has 0 aliphatic rings. The summed E-state index contributed by atoms with van der Waals surface area (Å²) >= 11 is 3.11. The highest BCUT2D eigenvalue weighted by molar-refractivity contribution is 9.10. The summed E-state index contributed by atoms with van der Waals surface area (Å²) in [5.74, 6) is -0.359. The van der Waals surface area contributed by atoms with E-state index >= 15 is 0 Å². The summed E-state index contributed by atoms with van der Waals surface area (Å²) in [6.45, 7) is 0. The summed E-state index contributed by atoms with van der Waals surface area (Å²) in [5, 5.41) is 8.52. The van der Waals surface area contributed by atoms with Crippen LogP contribution in [0, 0.1) is 5.82 Å². The molecule has 96 valence electrons. The smallest absolute Gasteiger partial charge is 0.303 e. The zero-order valence-electron chi connectivity index (χ0n) is 9.54. The molecule has 0 atom stereocenters. The Morgan fingerprint density at radius 3 is 2.94 bits per heavy atom. The first-order valence-electron chi connectivity index (χ1n) is 5.61. The molecule has 0 bridgehead atoms. The predicted octanol–water partition coefficient (Wildman–Crippen LogP) is 3.26. The Morgan fingerprint density at radius 2 is 2.22 bits per heavy atom. The van der Waals surface area contributed by atoms with Gasteiger partial charge in [-0.15, -0.1) is 0 Å². The molecule has 0 saturated carbocycles. The van der Waals surface area contributed by atoms with E-state index in [4.69, 9.17) is 5.11 Å². The number of carboxylic acids is 1. The molecule has 0 aliphatic heterocycles. The topological polar surface area (TPSA) is 66.0 Å². The molecule has 0 radical (unpaired) electrons. The monoisotopic (exact) mass is 314 g/mol. The van der Waals surface area contributed by atoms with E-state index in [1.54, 1.807) is 6.07 Å². The second kappa shape index (κ2) is 5.48. The van der Waals surface area contributed by atoms with Gasteiger partial charge in [0.1, 0.15) is 11.6 Å². The van der Waals surface area contributed by atoms with Crippen LogP contribution in [0.15, 0.2) is 16.6 Å². The van der Waals surface area contributed by atoms with E-state index < -0.39 is 5.97 Å². The highest BCUT2D eigenvalue weighted by Gasteiger charge is 2.07. The van der Waals surface area contributed by atoms with Gasteiger partial charge in [0.05, 0.1) is 15.5 Å². The summed E-state index contributed by atoms with van der Waals surface area (Å²) < 4.78 is 13.7. The number of benzene rings is 1. The summed E-state index contributed by atoms with van der Waals surface area (Å²) in [6, 6.07) is 3.02. The number of hydrogen-bond donors (Lipinski definition) is 2. The second-order valence-corrected chi connectivity index (χ2v) is 4.92. The van der Waals surface area contributed by atoms with Gasteiger partial charge in [-0.2, -0.15) is 0 Å². The molecule has 0 saturated heterocycles. The van der Waals surface area contributed by atoms with Gasteiger partial charge in [0.15, 0.2) is 0 Å². The predicted molar refractivity (Wildman–Crippen MR) is 68.9 cm³/mol. The largest absolute Gasteiger partial charge is 0.481 e. The van der Waals surface area contributed by atoms with Crippen molar-refractivity contribution in [3.8, 4) is 0 Å². The number of aryl methyl sites for hydroxylation is 1. The number of unbranched alkanes of at least 4 members (excludes halogenated alkanes) is 1. The van der Waals surface area contributed by atoms with Gasteiger partial charge in [0.25, 0.3) is 0 Å². The number of H-pyrrole nitrogens is 1. The minimum Gasteiger partial charge on any atom is -0.481 e. The Hall–Kier alpha value is -1.43. The number of hydrogen-bond acceptors (Lipinski definition) is 2. The molecule has 1 aromatic heterocycles. The van der Waals surface area contributed by atoms with Crippen LogP contribution in [0.25, 0.3) is 11.0 Å². The molecule has 4 nitrogen and oxygen atoms in total. The highest BCUT2D eigenvalue weighted by Crippen LogP contribution is 2.22. The SMILES string of the molecule is O=C(O)CCCCc1nc2cc(Br)c(F)cc2[nH]1. The zero-order valence-corrected chi connectivity index (χ0v) is 11.1. The maximum atomic E-state index is 13.3. The van der Waals surface area contributed by atoms with Gasteiger partial charge in [-0.05, 0) is 34.8 Å². The number of aromatic amines is 1. The fourth-order valence-electron chi connectivity index (χ4n) is 1.74. The van der Waals surface area contributed by atoms with E-state index in [0.717, 1.165) is 12.2 Å². The quantitative estimate of drug-likeness (QED) is 0.832. The van der Waals surface area contributed by atoms with Crippen molar-refractivity contribution in [1.82, 2.24) is 9.97 Å². The lowest BCUT2D eigenvalue weighted by Gasteiger charge is -1.95. The average molecular weight is 315 g/mol. The fourth-order valence-corrected chi connectivity index (χ4v) is 2.08. The molecule has 0 spiro atoms. The molecule has 0 fully saturated rings. The lowest BCUT2D eigenvalue weighted by atomic mass is 10.2. The van der Waals surface area contributed by atoms with Crippen LogP contribution in [0.1, 0.15) is 25.1 Å². The number of halogens is 2. The van der Waals surface area contributed by atoms with E-state index in [2.05, 4.69) is 25.9 Å². The molecular weight excluding hydrogens is 303 g/mol. The minimum absolute atomic E-state index is 0.167. The van der Waals surface area contributed by atoms with Crippen molar-refractivity contribution in [2.24, 2.45) is 0 Å². The van der Waals surface area contributed by atoms with Crippen LogP contribution < -0.4 is 0 Å². The van der Waals surface area contributed by atoms with Gasteiger partial charge in [-0.1, -0.05) is 0 Å². The van der Waals surface area contributed by atoms with Gasteiger partial charge >= 0.3 is 5.97 Å². The first-order valence-corrected chi connectivity index (χ1v) is 6.41. The highest BCUT2D eigenvalue weighted by atomic mass is 79.9. The first kappa shape index (κ1) is 13.0. The Morgan fingerprint density at radius 1 is 1.44 bits per heavy atom. The van der Waals surface area contributed by atoms with Crippen molar-refractivity contribution in [1.29, 1.82) is 0 Å². The van der Waals surface area contributed by atoms with E-state index in [1.807, 2.05) is 0 Å². The molecule has 0 unspecified atom stereocenters. The third-order valence-corrected chi connectivity index (χ3v) is 3.23. The van der Waals surface area contributed by atoms with Crippen molar-refractivity contribution in [3.63, 3.8) is 0 Å². The third-order valence-electron chi connectivity index (χ3n) is 2.63. The maximum Gasteiger partial charge on any atom is 0.303 e. The summed E-state index contributed by atoms with van der Waals surface area (Å²) in [6.07, 6.45) is 2.20. The number of aromatic nitrogens is 2. The Labute approximate surface area is 111 Å². The van der Waals surface area contributed by atoms with E-state index in [1.165, 1.54) is 6.07 Å². The summed E-state index contributed by atoms with van der Waals surface area (Å²) in [4.78, 5) is 17.7. The third kappa shape index (κ3) is 3.07. The van der Waals surface area contributed by atoms with Crippen molar-refractivity contribution in [2.75, 3.05) is 0 Å². The number of fused-ring (bicyclic) bond motifs is 1. The number of nitrogens with zero attached hydrogens (tertiary/aromatic N) is 1. The first-order chi connectivity index (χ1) is 8.56. The zero-order chi connectivity index (χ0) is 13.1. The van der Waals surface area contributed by atoms with Crippen molar-refractivity contribution in [2.45, 2.75) is 25.7 Å². The number of rotatable bonds is 5. The minimum atomic E-state index is -0.786.